The Hall–Kier alpha value is -3.87. The Morgan fingerprint density at radius 1 is 1.10 bits per heavy atom. The molecule has 0 aliphatic rings. The van der Waals surface area contributed by atoms with Gasteiger partial charge in [0.15, 0.2) is 5.82 Å². The fourth-order valence-corrected chi connectivity index (χ4v) is 3.49. The molecule has 1 amide bonds. The summed E-state index contributed by atoms with van der Waals surface area (Å²) in [5.74, 6) is 1.82. The van der Waals surface area contributed by atoms with Crippen molar-refractivity contribution in [1.29, 1.82) is 0 Å². The molecule has 0 spiro atoms. The third-order valence-corrected chi connectivity index (χ3v) is 4.97. The number of carbonyl (C=O) groups is 1. The van der Waals surface area contributed by atoms with Crippen molar-refractivity contribution >= 4 is 5.91 Å². The Balaban J connectivity index is 1.50. The monoisotopic (exact) mass is 401 g/mol. The third-order valence-electron chi connectivity index (χ3n) is 4.97. The quantitative estimate of drug-likeness (QED) is 0.514. The molecule has 0 saturated carbocycles. The number of hydrogen-bond acceptors (Lipinski definition) is 4. The molecule has 0 atom stereocenters. The minimum absolute atomic E-state index is 0.157. The van der Waals surface area contributed by atoms with Gasteiger partial charge in [-0.15, -0.1) is 0 Å². The zero-order valence-corrected chi connectivity index (χ0v) is 17.1. The maximum absolute atomic E-state index is 12.8. The van der Waals surface area contributed by atoms with Crippen LogP contribution in [0.15, 0.2) is 60.7 Å². The van der Waals surface area contributed by atoms with Crippen LogP contribution in [0.4, 0.5) is 0 Å². The molecule has 4 rings (SSSR count). The highest BCUT2D eigenvalue weighted by Crippen LogP contribution is 2.24. The van der Waals surface area contributed by atoms with E-state index in [1.807, 2.05) is 79.1 Å². The number of methoxy groups -OCH3 is 1. The predicted octanol–water partition coefficient (Wildman–Crippen LogP) is 3.82. The number of ether oxygens (including phenoxy) is 1. The van der Waals surface area contributed by atoms with Crippen molar-refractivity contribution in [3.05, 3.63) is 83.4 Å². The molecule has 2 N–H and O–H groups in total. The van der Waals surface area contributed by atoms with Crippen LogP contribution in [-0.2, 0) is 6.54 Å². The number of nitrogens with zero attached hydrogens (tertiary/aromatic N) is 3. The number of benzene rings is 2. The van der Waals surface area contributed by atoms with E-state index in [2.05, 4.69) is 20.5 Å². The number of aromatic nitrogens is 4. The number of nitrogens with one attached hydrogen (secondary N) is 2. The zero-order valence-electron chi connectivity index (χ0n) is 17.1. The smallest absolute Gasteiger partial charge is 0.253 e. The second-order valence-corrected chi connectivity index (χ2v) is 6.98. The van der Waals surface area contributed by atoms with Crippen LogP contribution in [-0.4, -0.2) is 32.8 Å². The molecule has 2 aromatic carbocycles. The molecule has 0 bridgehead atoms. The molecule has 7 nitrogen and oxygen atoms in total. The summed E-state index contributed by atoms with van der Waals surface area (Å²) >= 11 is 0. The first kappa shape index (κ1) is 19.4. The summed E-state index contributed by atoms with van der Waals surface area (Å²) in [4.78, 5) is 17.3. The summed E-state index contributed by atoms with van der Waals surface area (Å²) in [6, 6.07) is 19.4. The Morgan fingerprint density at radius 3 is 2.67 bits per heavy atom. The van der Waals surface area contributed by atoms with E-state index in [1.165, 1.54) is 0 Å². The van der Waals surface area contributed by atoms with Crippen molar-refractivity contribution in [2.24, 2.45) is 0 Å². The molecular weight excluding hydrogens is 378 g/mol. The lowest BCUT2D eigenvalue weighted by atomic mass is 10.2. The van der Waals surface area contributed by atoms with E-state index in [4.69, 9.17) is 4.74 Å². The average Bonchev–Trinajstić information content (AvgIpc) is 3.37. The van der Waals surface area contributed by atoms with Gasteiger partial charge in [0, 0.05) is 28.7 Å². The number of aryl methyl sites for hydroxylation is 1. The first-order chi connectivity index (χ1) is 14.6. The second kappa shape index (κ2) is 8.24. The van der Waals surface area contributed by atoms with Crippen molar-refractivity contribution in [1.82, 2.24) is 25.1 Å². The zero-order chi connectivity index (χ0) is 21.1. The fourth-order valence-electron chi connectivity index (χ4n) is 3.49. The van der Waals surface area contributed by atoms with Crippen LogP contribution >= 0.6 is 0 Å². The minimum Gasteiger partial charge on any atom is -0.497 e. The highest BCUT2D eigenvalue weighted by Gasteiger charge is 2.17. The first-order valence-electron chi connectivity index (χ1n) is 9.65. The van der Waals surface area contributed by atoms with Crippen LogP contribution in [0.25, 0.3) is 17.1 Å². The van der Waals surface area contributed by atoms with Gasteiger partial charge in [-0.3, -0.25) is 9.89 Å². The Kier molecular flexibility index (Phi) is 5.34. The number of aromatic amines is 1. The highest BCUT2D eigenvalue weighted by molar-refractivity contribution is 5.95. The molecule has 0 aliphatic heterocycles. The number of rotatable bonds is 6. The lowest BCUT2D eigenvalue weighted by Crippen LogP contribution is -2.24. The molecule has 30 heavy (non-hydrogen) atoms. The van der Waals surface area contributed by atoms with Crippen LogP contribution in [0.3, 0.4) is 0 Å². The maximum Gasteiger partial charge on any atom is 0.253 e. The van der Waals surface area contributed by atoms with Gasteiger partial charge >= 0.3 is 0 Å². The molecule has 0 fully saturated rings. The summed E-state index contributed by atoms with van der Waals surface area (Å²) < 4.78 is 7.36. The first-order valence-corrected chi connectivity index (χ1v) is 9.65. The van der Waals surface area contributed by atoms with Gasteiger partial charge in [0.1, 0.15) is 11.6 Å². The summed E-state index contributed by atoms with van der Waals surface area (Å²) in [5.41, 5.74) is 4.33. The van der Waals surface area contributed by atoms with E-state index in [1.54, 1.807) is 7.11 Å². The largest absolute Gasteiger partial charge is 0.497 e. The fraction of sp³-hybridized carbons (Fsp3) is 0.174. The minimum atomic E-state index is -0.157. The highest BCUT2D eigenvalue weighted by atomic mass is 16.5. The number of H-pyrrole nitrogens is 1. The standard InChI is InChI=1S/C23H23N5O2/c1-15-12-20(16(2)28(15)18-10-7-11-19(13-18)30-3)23(29)24-14-21-25-22(27-26-21)17-8-5-4-6-9-17/h4-13H,14H2,1-3H3,(H,24,29)(H,25,26,27). The van der Waals surface area contributed by atoms with Gasteiger partial charge in [0.25, 0.3) is 5.91 Å². The number of hydrogen-bond donors (Lipinski definition) is 2. The molecule has 152 valence electrons. The van der Waals surface area contributed by atoms with Crippen molar-refractivity contribution in [2.45, 2.75) is 20.4 Å². The molecule has 0 saturated heterocycles. The van der Waals surface area contributed by atoms with Crippen LogP contribution in [0.1, 0.15) is 27.6 Å². The Bertz CT molecular complexity index is 1180. The van der Waals surface area contributed by atoms with Gasteiger partial charge in [0.2, 0.25) is 0 Å². The van der Waals surface area contributed by atoms with Crippen molar-refractivity contribution in [2.75, 3.05) is 7.11 Å². The molecule has 4 aromatic rings. The topological polar surface area (TPSA) is 84.8 Å². The molecule has 0 unspecified atom stereocenters. The Morgan fingerprint density at radius 2 is 1.90 bits per heavy atom. The third kappa shape index (κ3) is 3.82. The van der Waals surface area contributed by atoms with E-state index in [9.17, 15) is 4.79 Å². The SMILES string of the molecule is COc1cccc(-n2c(C)cc(C(=O)NCc3nc(-c4ccccc4)n[nH]3)c2C)c1. The van der Waals surface area contributed by atoms with Crippen LogP contribution in [0.2, 0.25) is 0 Å². The lowest BCUT2D eigenvalue weighted by Gasteiger charge is -2.11. The van der Waals surface area contributed by atoms with Crippen molar-refractivity contribution < 1.29 is 9.53 Å². The number of carbonyl (C=O) groups excluding carboxylic acids is 1. The lowest BCUT2D eigenvalue weighted by molar-refractivity contribution is 0.0949. The maximum atomic E-state index is 12.8. The summed E-state index contributed by atoms with van der Waals surface area (Å²) in [5, 5.41) is 10.0. The van der Waals surface area contributed by atoms with Gasteiger partial charge in [0.05, 0.1) is 19.2 Å². The second-order valence-electron chi connectivity index (χ2n) is 6.98. The van der Waals surface area contributed by atoms with Crippen molar-refractivity contribution in [3.8, 4) is 22.8 Å². The molecule has 7 heteroatoms. The van der Waals surface area contributed by atoms with Gasteiger partial charge < -0.3 is 14.6 Å². The summed E-state index contributed by atoms with van der Waals surface area (Å²) in [7, 11) is 1.64. The summed E-state index contributed by atoms with van der Waals surface area (Å²) in [6.45, 7) is 4.18. The normalized spacial score (nSPS) is 10.8. The van der Waals surface area contributed by atoms with Gasteiger partial charge in [-0.25, -0.2) is 4.98 Å². The van der Waals surface area contributed by atoms with E-state index >= 15 is 0 Å². The van der Waals surface area contributed by atoms with Gasteiger partial charge in [-0.2, -0.15) is 5.10 Å². The van der Waals surface area contributed by atoms with Gasteiger partial charge in [-0.1, -0.05) is 36.4 Å². The van der Waals surface area contributed by atoms with Crippen LogP contribution in [0.5, 0.6) is 5.75 Å². The molecule has 2 aromatic heterocycles. The van der Waals surface area contributed by atoms with Crippen molar-refractivity contribution in [3.63, 3.8) is 0 Å². The van der Waals surface area contributed by atoms with Crippen LogP contribution in [0, 0.1) is 13.8 Å². The van der Waals surface area contributed by atoms with E-state index < -0.39 is 0 Å². The van der Waals surface area contributed by atoms with Gasteiger partial charge in [-0.05, 0) is 32.0 Å². The van der Waals surface area contributed by atoms with E-state index in [0.29, 0.717) is 17.2 Å². The van der Waals surface area contributed by atoms with E-state index in [-0.39, 0.29) is 12.5 Å². The van der Waals surface area contributed by atoms with Crippen LogP contribution < -0.4 is 10.1 Å². The Labute approximate surface area is 174 Å². The molecule has 0 aliphatic carbocycles. The average molecular weight is 401 g/mol. The summed E-state index contributed by atoms with van der Waals surface area (Å²) in [6.07, 6.45) is 0. The number of amides is 1. The molecule has 2 heterocycles. The molecular formula is C23H23N5O2. The molecule has 0 radical (unpaired) electrons. The van der Waals surface area contributed by atoms with E-state index in [0.717, 1.165) is 28.4 Å². The predicted molar refractivity (Wildman–Crippen MR) is 115 cm³/mol.